The highest BCUT2D eigenvalue weighted by Crippen LogP contribution is 2.38. The minimum atomic E-state index is -2.60. The molecule has 1 aromatic rings. The van der Waals surface area contributed by atoms with E-state index in [4.69, 9.17) is 0 Å². The van der Waals surface area contributed by atoms with Crippen molar-refractivity contribution in [2.45, 2.75) is 45.0 Å². The Bertz CT molecular complexity index is 391. The first kappa shape index (κ1) is 10.5. The first-order valence-corrected chi connectivity index (χ1v) is 5.15. The third kappa shape index (κ3) is 1.87. The van der Waals surface area contributed by atoms with Crippen LogP contribution in [0.3, 0.4) is 0 Å². The molecule has 1 nitrogen and oxygen atoms in total. The summed E-state index contributed by atoms with van der Waals surface area (Å²) >= 11 is 0. The SMILES string of the molecule is CC(C)(C)c1ccnc2c1CC(F)(F)C2. The topological polar surface area (TPSA) is 12.9 Å². The monoisotopic (exact) mass is 211 g/mol. The summed E-state index contributed by atoms with van der Waals surface area (Å²) in [7, 11) is 0. The van der Waals surface area contributed by atoms with Crippen LogP contribution in [0.4, 0.5) is 8.78 Å². The minimum Gasteiger partial charge on any atom is -0.261 e. The second-order valence-corrected chi connectivity index (χ2v) is 5.24. The summed E-state index contributed by atoms with van der Waals surface area (Å²) in [6, 6.07) is 1.86. The molecule has 1 aromatic heterocycles. The lowest BCUT2D eigenvalue weighted by molar-refractivity contribution is 0.0124. The van der Waals surface area contributed by atoms with E-state index in [0.29, 0.717) is 5.69 Å². The predicted octanol–water partition coefficient (Wildman–Crippen LogP) is 3.11. The van der Waals surface area contributed by atoms with Crippen LogP contribution in [0.2, 0.25) is 0 Å². The van der Waals surface area contributed by atoms with Gasteiger partial charge in [-0.1, -0.05) is 20.8 Å². The van der Waals surface area contributed by atoms with Gasteiger partial charge in [0.15, 0.2) is 0 Å². The van der Waals surface area contributed by atoms with Crippen LogP contribution in [0, 0.1) is 0 Å². The van der Waals surface area contributed by atoms with Crippen molar-refractivity contribution < 1.29 is 8.78 Å². The van der Waals surface area contributed by atoms with E-state index in [9.17, 15) is 8.78 Å². The van der Waals surface area contributed by atoms with Gasteiger partial charge in [-0.2, -0.15) is 0 Å². The Hall–Kier alpha value is -0.990. The molecule has 82 valence electrons. The fraction of sp³-hybridized carbons (Fsp3) is 0.583. The first-order valence-electron chi connectivity index (χ1n) is 5.15. The molecule has 1 aliphatic carbocycles. The lowest BCUT2D eigenvalue weighted by atomic mass is 9.84. The van der Waals surface area contributed by atoms with Gasteiger partial charge in [0, 0.05) is 12.6 Å². The van der Waals surface area contributed by atoms with Crippen molar-refractivity contribution in [1.82, 2.24) is 4.98 Å². The van der Waals surface area contributed by atoms with E-state index >= 15 is 0 Å². The molecule has 0 radical (unpaired) electrons. The highest BCUT2D eigenvalue weighted by Gasteiger charge is 2.40. The summed E-state index contributed by atoms with van der Waals surface area (Å²) in [6.07, 6.45) is 1.29. The van der Waals surface area contributed by atoms with Crippen molar-refractivity contribution in [1.29, 1.82) is 0 Å². The predicted molar refractivity (Wildman–Crippen MR) is 55.3 cm³/mol. The zero-order valence-electron chi connectivity index (χ0n) is 9.27. The zero-order valence-corrected chi connectivity index (χ0v) is 9.27. The number of rotatable bonds is 0. The zero-order chi connectivity index (χ0) is 11.3. The van der Waals surface area contributed by atoms with Crippen molar-refractivity contribution in [3.63, 3.8) is 0 Å². The maximum Gasteiger partial charge on any atom is 0.257 e. The number of alkyl halides is 2. The Labute approximate surface area is 88.5 Å². The number of aromatic nitrogens is 1. The molecule has 1 aliphatic rings. The van der Waals surface area contributed by atoms with Gasteiger partial charge in [-0.25, -0.2) is 8.78 Å². The van der Waals surface area contributed by atoms with E-state index in [2.05, 4.69) is 4.98 Å². The molecule has 0 atom stereocenters. The quantitative estimate of drug-likeness (QED) is 0.642. The maximum absolute atomic E-state index is 13.3. The smallest absolute Gasteiger partial charge is 0.257 e. The van der Waals surface area contributed by atoms with Gasteiger partial charge in [-0.05, 0) is 22.6 Å². The van der Waals surface area contributed by atoms with E-state index in [1.165, 1.54) is 0 Å². The second kappa shape index (κ2) is 3.00. The largest absolute Gasteiger partial charge is 0.261 e. The van der Waals surface area contributed by atoms with Crippen molar-refractivity contribution in [2.75, 3.05) is 0 Å². The van der Waals surface area contributed by atoms with Crippen LogP contribution in [0.25, 0.3) is 0 Å². The molecule has 0 N–H and O–H groups in total. The Morgan fingerprint density at radius 3 is 2.53 bits per heavy atom. The van der Waals surface area contributed by atoms with Crippen LogP contribution in [0.1, 0.15) is 37.6 Å². The first-order chi connectivity index (χ1) is 6.80. The standard InChI is InChI=1S/C12H15F2N/c1-11(2,3)9-4-5-15-10-7-12(13,14)6-8(9)10/h4-5H,6-7H2,1-3H3. The van der Waals surface area contributed by atoms with E-state index in [1.807, 2.05) is 26.8 Å². The van der Waals surface area contributed by atoms with Crippen molar-refractivity contribution in [3.8, 4) is 0 Å². The van der Waals surface area contributed by atoms with Gasteiger partial charge in [0.2, 0.25) is 0 Å². The average Bonchev–Trinajstić information content (AvgIpc) is 2.35. The third-order valence-corrected chi connectivity index (χ3v) is 2.81. The van der Waals surface area contributed by atoms with Crippen LogP contribution in [0.15, 0.2) is 12.3 Å². The normalized spacial score (nSPS) is 19.0. The molecule has 0 fully saturated rings. The van der Waals surface area contributed by atoms with Crippen molar-refractivity contribution in [3.05, 3.63) is 29.1 Å². The number of fused-ring (bicyclic) bond motifs is 1. The molecule has 0 saturated heterocycles. The molecule has 1 heterocycles. The Morgan fingerprint density at radius 1 is 1.27 bits per heavy atom. The van der Waals surface area contributed by atoms with Crippen molar-refractivity contribution >= 4 is 0 Å². The summed E-state index contributed by atoms with van der Waals surface area (Å²) < 4.78 is 26.5. The Balaban J connectivity index is 2.51. The van der Waals surface area contributed by atoms with Crippen LogP contribution in [-0.4, -0.2) is 10.9 Å². The number of halogens is 2. The highest BCUT2D eigenvalue weighted by atomic mass is 19.3. The molecule has 0 unspecified atom stereocenters. The molecule has 3 heteroatoms. The molecular formula is C12H15F2N. The van der Waals surface area contributed by atoms with Gasteiger partial charge in [0.25, 0.3) is 5.92 Å². The molecule has 0 amide bonds. The second-order valence-electron chi connectivity index (χ2n) is 5.24. The minimum absolute atomic E-state index is 0.0898. The van der Waals surface area contributed by atoms with Gasteiger partial charge >= 0.3 is 0 Å². The summed E-state index contributed by atoms with van der Waals surface area (Å²) in [6.45, 7) is 6.12. The van der Waals surface area contributed by atoms with E-state index in [0.717, 1.165) is 11.1 Å². The molecule has 0 aromatic carbocycles. The van der Waals surface area contributed by atoms with Crippen LogP contribution in [-0.2, 0) is 18.3 Å². The summed E-state index contributed by atoms with van der Waals surface area (Å²) in [4.78, 5) is 4.05. The van der Waals surface area contributed by atoms with E-state index < -0.39 is 5.92 Å². The van der Waals surface area contributed by atoms with Crippen LogP contribution in [0.5, 0.6) is 0 Å². The van der Waals surface area contributed by atoms with Crippen LogP contribution < -0.4 is 0 Å². The van der Waals surface area contributed by atoms with Gasteiger partial charge in [-0.3, -0.25) is 4.98 Å². The number of nitrogens with zero attached hydrogens (tertiary/aromatic N) is 1. The molecule has 15 heavy (non-hydrogen) atoms. The number of hydrogen-bond acceptors (Lipinski definition) is 1. The molecule has 0 bridgehead atoms. The summed E-state index contributed by atoms with van der Waals surface area (Å²) in [5.74, 6) is -2.60. The molecule has 0 spiro atoms. The fourth-order valence-corrected chi connectivity index (χ4v) is 2.15. The fourth-order valence-electron chi connectivity index (χ4n) is 2.15. The van der Waals surface area contributed by atoms with Gasteiger partial charge in [-0.15, -0.1) is 0 Å². The van der Waals surface area contributed by atoms with Crippen LogP contribution >= 0.6 is 0 Å². The van der Waals surface area contributed by atoms with Gasteiger partial charge in [0.05, 0.1) is 12.1 Å². The van der Waals surface area contributed by atoms with E-state index in [1.54, 1.807) is 6.20 Å². The summed E-state index contributed by atoms with van der Waals surface area (Å²) in [5.41, 5.74) is 2.25. The number of hydrogen-bond donors (Lipinski definition) is 0. The lowest BCUT2D eigenvalue weighted by Gasteiger charge is -2.22. The highest BCUT2D eigenvalue weighted by molar-refractivity contribution is 5.39. The molecule has 2 rings (SSSR count). The Morgan fingerprint density at radius 2 is 1.93 bits per heavy atom. The molecule has 0 saturated carbocycles. The molecular weight excluding hydrogens is 196 g/mol. The third-order valence-electron chi connectivity index (χ3n) is 2.81. The number of pyridine rings is 1. The molecule has 0 aliphatic heterocycles. The van der Waals surface area contributed by atoms with Crippen molar-refractivity contribution in [2.24, 2.45) is 0 Å². The van der Waals surface area contributed by atoms with Gasteiger partial charge < -0.3 is 0 Å². The lowest BCUT2D eigenvalue weighted by Crippen LogP contribution is -2.17. The van der Waals surface area contributed by atoms with E-state index in [-0.39, 0.29) is 18.3 Å². The average molecular weight is 211 g/mol. The Kier molecular flexibility index (Phi) is 2.11. The summed E-state index contributed by atoms with van der Waals surface area (Å²) in [5, 5.41) is 0. The maximum atomic E-state index is 13.3. The van der Waals surface area contributed by atoms with Gasteiger partial charge in [0.1, 0.15) is 0 Å².